The number of hydrogen-bond acceptors (Lipinski definition) is 6. The molecule has 2 aliphatic heterocycles. The average molecular weight is 412 g/mol. The molecule has 0 spiro atoms. The summed E-state index contributed by atoms with van der Waals surface area (Å²) >= 11 is 1.48. The lowest BCUT2D eigenvalue weighted by Crippen LogP contribution is -2.37. The van der Waals surface area contributed by atoms with Gasteiger partial charge in [0, 0.05) is 28.7 Å². The third kappa shape index (κ3) is 3.19. The van der Waals surface area contributed by atoms with Crippen LogP contribution < -0.4 is 0 Å². The molecule has 1 atom stereocenters. The summed E-state index contributed by atoms with van der Waals surface area (Å²) < 4.78 is 0. The molecule has 2 aliphatic rings. The van der Waals surface area contributed by atoms with Crippen molar-refractivity contribution < 1.29 is 4.92 Å². The highest BCUT2D eigenvalue weighted by molar-refractivity contribution is 8.16. The molecule has 6 nitrogen and oxygen atoms in total. The normalized spacial score (nSPS) is 17.7. The van der Waals surface area contributed by atoms with E-state index in [0.717, 1.165) is 33.3 Å². The lowest BCUT2D eigenvalue weighted by atomic mass is 9.94. The van der Waals surface area contributed by atoms with E-state index in [9.17, 15) is 10.1 Å². The van der Waals surface area contributed by atoms with Gasteiger partial charge >= 0.3 is 0 Å². The summed E-state index contributed by atoms with van der Waals surface area (Å²) in [6.07, 6.45) is 0. The van der Waals surface area contributed by atoms with Crippen molar-refractivity contribution in [3.05, 3.63) is 117 Å². The molecular formula is C23H16N4O2S. The summed E-state index contributed by atoms with van der Waals surface area (Å²) in [6.45, 7) is 0. The molecule has 0 amide bonds. The minimum absolute atomic E-state index is 0.0639. The van der Waals surface area contributed by atoms with Crippen molar-refractivity contribution in [2.24, 2.45) is 10.2 Å². The van der Waals surface area contributed by atoms with Crippen LogP contribution in [0, 0.1) is 10.1 Å². The fourth-order valence-electron chi connectivity index (χ4n) is 3.67. The molecule has 30 heavy (non-hydrogen) atoms. The summed E-state index contributed by atoms with van der Waals surface area (Å²) in [5.41, 5.74) is 4.62. The van der Waals surface area contributed by atoms with Gasteiger partial charge in [0.2, 0.25) is 0 Å². The Morgan fingerprint density at radius 2 is 1.57 bits per heavy atom. The third-order valence-electron chi connectivity index (χ3n) is 5.04. The van der Waals surface area contributed by atoms with Crippen LogP contribution in [0.4, 0.5) is 5.69 Å². The van der Waals surface area contributed by atoms with Crippen LogP contribution >= 0.6 is 11.8 Å². The molecule has 0 aromatic heterocycles. The van der Waals surface area contributed by atoms with Gasteiger partial charge in [-0.3, -0.25) is 10.1 Å². The topological polar surface area (TPSA) is 71.1 Å². The average Bonchev–Trinajstić information content (AvgIpc) is 3.24. The number of benzene rings is 3. The van der Waals surface area contributed by atoms with Crippen molar-refractivity contribution in [2.45, 2.75) is 6.04 Å². The fraction of sp³-hybridized carbons (Fsp3) is 0.0435. The van der Waals surface area contributed by atoms with E-state index < -0.39 is 0 Å². The largest absolute Gasteiger partial charge is 0.305 e. The van der Waals surface area contributed by atoms with Gasteiger partial charge in [-0.2, -0.15) is 0 Å². The molecule has 5 rings (SSSR count). The van der Waals surface area contributed by atoms with E-state index in [1.54, 1.807) is 12.1 Å². The second-order valence-electron chi connectivity index (χ2n) is 6.85. The minimum Gasteiger partial charge on any atom is -0.305 e. The number of hydrogen-bond donors (Lipinski definition) is 0. The summed E-state index contributed by atoms with van der Waals surface area (Å²) in [4.78, 5) is 13.0. The maximum Gasteiger partial charge on any atom is 0.270 e. The number of non-ortho nitro benzene ring substituents is 1. The third-order valence-corrected chi connectivity index (χ3v) is 5.87. The number of thioether (sulfide) groups is 1. The highest BCUT2D eigenvalue weighted by Crippen LogP contribution is 2.43. The quantitative estimate of drug-likeness (QED) is 0.422. The van der Waals surface area contributed by atoms with Crippen LogP contribution in [0.5, 0.6) is 0 Å². The maximum absolute atomic E-state index is 11.3. The summed E-state index contributed by atoms with van der Waals surface area (Å²) in [5.74, 6) is 0. The molecule has 7 heteroatoms. The lowest BCUT2D eigenvalue weighted by molar-refractivity contribution is -0.384. The Morgan fingerprint density at radius 1 is 0.867 bits per heavy atom. The zero-order valence-corrected chi connectivity index (χ0v) is 16.6. The van der Waals surface area contributed by atoms with Gasteiger partial charge in [0.1, 0.15) is 6.04 Å². The standard InChI is InChI=1S/C23H16N4O2S/c28-27(29)19-13-7-12-18(14-19)20-15-30-23-25-24-21(16-8-3-1-4-9-16)22(26(20)23)17-10-5-2-6-11-17/h1-15,22H/t22-/m1/s1. The molecule has 146 valence electrons. The lowest BCUT2D eigenvalue weighted by Gasteiger charge is -2.34. The number of nitrogens with zero attached hydrogens (tertiary/aromatic N) is 4. The first kappa shape index (κ1) is 18.3. The second-order valence-corrected chi connectivity index (χ2v) is 7.68. The fourth-order valence-corrected chi connectivity index (χ4v) is 4.54. The van der Waals surface area contributed by atoms with Crippen molar-refractivity contribution >= 4 is 34.0 Å². The Hall–Kier alpha value is -3.71. The number of nitro benzene ring substituents is 1. The Labute approximate surface area is 177 Å². The van der Waals surface area contributed by atoms with E-state index in [2.05, 4.69) is 27.2 Å². The van der Waals surface area contributed by atoms with Crippen LogP contribution in [0.2, 0.25) is 0 Å². The van der Waals surface area contributed by atoms with Gasteiger partial charge in [-0.25, -0.2) is 0 Å². The second kappa shape index (κ2) is 7.61. The van der Waals surface area contributed by atoms with Gasteiger partial charge in [-0.15, -0.1) is 10.2 Å². The van der Waals surface area contributed by atoms with E-state index in [4.69, 9.17) is 0 Å². The Balaban J connectivity index is 1.64. The van der Waals surface area contributed by atoms with Crippen LogP contribution in [0.25, 0.3) is 5.70 Å². The van der Waals surface area contributed by atoms with E-state index in [1.807, 2.05) is 60.0 Å². The smallest absolute Gasteiger partial charge is 0.270 e. The summed E-state index contributed by atoms with van der Waals surface area (Å²) in [6, 6.07) is 26.6. The Morgan fingerprint density at radius 3 is 2.30 bits per heavy atom. The molecule has 3 aromatic carbocycles. The molecule has 0 bridgehead atoms. The van der Waals surface area contributed by atoms with E-state index in [0.29, 0.717) is 0 Å². The minimum atomic E-state index is -0.372. The molecule has 2 heterocycles. The molecular weight excluding hydrogens is 396 g/mol. The zero-order valence-electron chi connectivity index (χ0n) is 15.8. The van der Waals surface area contributed by atoms with Gasteiger partial charge in [-0.05, 0) is 5.56 Å². The zero-order chi connectivity index (χ0) is 20.5. The van der Waals surface area contributed by atoms with Gasteiger partial charge < -0.3 is 4.90 Å². The molecule has 0 unspecified atom stereocenters. The molecule has 0 N–H and O–H groups in total. The van der Waals surface area contributed by atoms with Crippen molar-refractivity contribution in [1.29, 1.82) is 0 Å². The summed E-state index contributed by atoms with van der Waals surface area (Å²) in [5, 5.41) is 23.1. The highest BCUT2D eigenvalue weighted by atomic mass is 32.2. The van der Waals surface area contributed by atoms with E-state index in [-0.39, 0.29) is 16.7 Å². The summed E-state index contributed by atoms with van der Waals surface area (Å²) in [7, 11) is 0. The van der Waals surface area contributed by atoms with Gasteiger partial charge in [0.05, 0.1) is 16.3 Å². The van der Waals surface area contributed by atoms with Crippen LogP contribution in [0.3, 0.4) is 0 Å². The first-order chi connectivity index (χ1) is 14.7. The highest BCUT2D eigenvalue weighted by Gasteiger charge is 2.38. The van der Waals surface area contributed by atoms with E-state index >= 15 is 0 Å². The predicted octanol–water partition coefficient (Wildman–Crippen LogP) is 5.46. The van der Waals surface area contributed by atoms with Crippen molar-refractivity contribution in [3.63, 3.8) is 0 Å². The first-order valence-corrected chi connectivity index (χ1v) is 10.3. The van der Waals surface area contributed by atoms with Crippen molar-refractivity contribution in [2.75, 3.05) is 0 Å². The van der Waals surface area contributed by atoms with Crippen LogP contribution in [-0.2, 0) is 0 Å². The molecule has 0 fully saturated rings. The predicted molar refractivity (Wildman–Crippen MR) is 120 cm³/mol. The molecule has 0 aliphatic carbocycles. The molecule has 0 saturated heterocycles. The van der Waals surface area contributed by atoms with Crippen LogP contribution in [0.15, 0.2) is 101 Å². The van der Waals surface area contributed by atoms with Gasteiger partial charge in [0.15, 0.2) is 5.17 Å². The first-order valence-electron chi connectivity index (χ1n) is 9.39. The van der Waals surface area contributed by atoms with E-state index in [1.165, 1.54) is 17.8 Å². The Bertz CT molecular complexity index is 1210. The van der Waals surface area contributed by atoms with Crippen LogP contribution in [0.1, 0.15) is 22.7 Å². The monoisotopic (exact) mass is 412 g/mol. The van der Waals surface area contributed by atoms with Crippen molar-refractivity contribution in [3.8, 4) is 0 Å². The molecule has 0 saturated carbocycles. The van der Waals surface area contributed by atoms with Crippen LogP contribution in [-0.4, -0.2) is 20.7 Å². The number of amidine groups is 1. The van der Waals surface area contributed by atoms with Gasteiger partial charge in [0.25, 0.3) is 5.69 Å². The van der Waals surface area contributed by atoms with Gasteiger partial charge in [-0.1, -0.05) is 84.6 Å². The van der Waals surface area contributed by atoms with Crippen molar-refractivity contribution in [1.82, 2.24) is 4.90 Å². The molecule has 3 aromatic rings. The Kier molecular flexibility index (Phi) is 4.65. The molecule has 0 radical (unpaired) electrons. The maximum atomic E-state index is 11.3. The SMILES string of the molecule is O=[N+]([O-])c1cccc(C2=CSC3=NN=C(c4ccccc4)[C@@H](c4ccccc4)N23)c1. The number of fused-ring (bicyclic) bond motifs is 1. The number of rotatable bonds is 4. The number of nitro groups is 1.